The highest BCUT2D eigenvalue weighted by Crippen LogP contribution is 2.28. The number of hydrogen-bond donors (Lipinski definition) is 3. The first-order valence-electron chi connectivity index (χ1n) is 6.78. The van der Waals surface area contributed by atoms with E-state index in [4.69, 9.17) is 4.74 Å². The Kier molecular flexibility index (Phi) is 5.63. The molecule has 19 heavy (non-hydrogen) atoms. The third kappa shape index (κ3) is 4.11. The van der Waals surface area contributed by atoms with Crippen LogP contribution < -0.4 is 10.1 Å². The average Bonchev–Trinajstić information content (AvgIpc) is 2.44. The smallest absolute Gasteiger partial charge is 0.124 e. The van der Waals surface area contributed by atoms with Crippen molar-refractivity contribution in [2.24, 2.45) is 0 Å². The molecule has 1 aromatic carbocycles. The van der Waals surface area contributed by atoms with Crippen molar-refractivity contribution in [3.63, 3.8) is 0 Å². The van der Waals surface area contributed by atoms with Gasteiger partial charge in [-0.25, -0.2) is 0 Å². The van der Waals surface area contributed by atoms with Crippen LogP contribution in [0.2, 0.25) is 0 Å². The highest BCUT2D eigenvalue weighted by atomic mass is 16.5. The molecule has 1 rings (SSSR count). The molecule has 0 saturated heterocycles. The van der Waals surface area contributed by atoms with Gasteiger partial charge < -0.3 is 20.3 Å². The fraction of sp³-hybridized carbons (Fsp3) is 0.600. The zero-order valence-electron chi connectivity index (χ0n) is 12.2. The van der Waals surface area contributed by atoms with Crippen molar-refractivity contribution in [2.75, 3.05) is 13.7 Å². The number of ether oxygens (including phenoxy) is 1. The number of methoxy groups -OCH3 is 1. The summed E-state index contributed by atoms with van der Waals surface area (Å²) in [5.74, 6) is 0.836. The van der Waals surface area contributed by atoms with Crippen LogP contribution in [-0.2, 0) is 0 Å². The van der Waals surface area contributed by atoms with Crippen LogP contribution in [0.3, 0.4) is 0 Å². The molecule has 0 aromatic heterocycles. The lowest BCUT2D eigenvalue weighted by Crippen LogP contribution is -2.40. The van der Waals surface area contributed by atoms with Gasteiger partial charge in [-0.05, 0) is 25.8 Å². The molecule has 0 aliphatic carbocycles. The quantitative estimate of drug-likeness (QED) is 0.710. The average molecular weight is 267 g/mol. The Balaban J connectivity index is 2.70. The van der Waals surface area contributed by atoms with Crippen LogP contribution in [0.1, 0.15) is 45.2 Å². The highest BCUT2D eigenvalue weighted by Gasteiger charge is 2.23. The summed E-state index contributed by atoms with van der Waals surface area (Å²) in [6.07, 6.45) is 1.41. The molecule has 0 spiro atoms. The molecule has 0 aliphatic rings. The van der Waals surface area contributed by atoms with Gasteiger partial charge in [-0.1, -0.05) is 19.9 Å². The molecule has 1 atom stereocenters. The Bertz CT molecular complexity index is 402. The maximum atomic E-state index is 10.2. The van der Waals surface area contributed by atoms with E-state index in [2.05, 4.69) is 5.32 Å². The van der Waals surface area contributed by atoms with Gasteiger partial charge in [-0.3, -0.25) is 0 Å². The van der Waals surface area contributed by atoms with Gasteiger partial charge in [0.15, 0.2) is 0 Å². The van der Waals surface area contributed by atoms with Crippen molar-refractivity contribution in [3.05, 3.63) is 23.8 Å². The van der Waals surface area contributed by atoms with Crippen LogP contribution in [0.15, 0.2) is 18.2 Å². The minimum atomic E-state index is -0.684. The second kappa shape index (κ2) is 6.78. The Morgan fingerprint density at radius 1 is 1.32 bits per heavy atom. The van der Waals surface area contributed by atoms with E-state index in [0.29, 0.717) is 25.1 Å². The summed E-state index contributed by atoms with van der Waals surface area (Å²) >= 11 is 0. The van der Waals surface area contributed by atoms with Gasteiger partial charge in [0.25, 0.3) is 0 Å². The van der Waals surface area contributed by atoms with Crippen LogP contribution in [-0.4, -0.2) is 29.5 Å². The van der Waals surface area contributed by atoms with Crippen molar-refractivity contribution in [2.45, 2.75) is 45.3 Å². The Labute approximate surface area is 115 Å². The summed E-state index contributed by atoms with van der Waals surface area (Å²) in [6, 6.07) is 5.22. The van der Waals surface area contributed by atoms with E-state index >= 15 is 0 Å². The van der Waals surface area contributed by atoms with E-state index in [1.54, 1.807) is 13.2 Å². The molecule has 0 saturated carbocycles. The van der Waals surface area contributed by atoms with Crippen LogP contribution in [0.4, 0.5) is 0 Å². The first kappa shape index (κ1) is 15.8. The van der Waals surface area contributed by atoms with Gasteiger partial charge in [0, 0.05) is 24.2 Å². The summed E-state index contributed by atoms with van der Waals surface area (Å²) in [5.41, 5.74) is 0.117. The molecule has 0 amide bonds. The maximum absolute atomic E-state index is 10.2. The SMILES string of the molecule is CCC(O)(CC)CNC(C)c1ccc(OC)cc1O. The number of aromatic hydroxyl groups is 1. The molecule has 0 aliphatic heterocycles. The minimum Gasteiger partial charge on any atom is -0.507 e. The lowest BCUT2D eigenvalue weighted by molar-refractivity contribution is 0.0302. The number of phenols is 1. The Morgan fingerprint density at radius 2 is 1.95 bits per heavy atom. The molecule has 0 radical (unpaired) electrons. The number of aliphatic hydroxyl groups is 1. The summed E-state index contributed by atoms with van der Waals surface area (Å²) in [5, 5.41) is 23.5. The largest absolute Gasteiger partial charge is 0.507 e. The Morgan fingerprint density at radius 3 is 2.42 bits per heavy atom. The number of phenolic OH excluding ortho intramolecular Hbond substituents is 1. The molecule has 1 aromatic rings. The topological polar surface area (TPSA) is 61.7 Å². The van der Waals surface area contributed by atoms with Gasteiger partial charge in [0.2, 0.25) is 0 Å². The van der Waals surface area contributed by atoms with Gasteiger partial charge in [-0.15, -0.1) is 0 Å². The molecule has 108 valence electrons. The lowest BCUT2D eigenvalue weighted by Gasteiger charge is -2.28. The third-order valence-corrected chi connectivity index (χ3v) is 3.76. The minimum absolute atomic E-state index is 0.0319. The van der Waals surface area contributed by atoms with E-state index in [9.17, 15) is 10.2 Å². The summed E-state index contributed by atoms with van der Waals surface area (Å²) < 4.78 is 5.06. The number of hydrogen-bond acceptors (Lipinski definition) is 4. The summed E-state index contributed by atoms with van der Waals surface area (Å²) in [4.78, 5) is 0. The van der Waals surface area contributed by atoms with E-state index in [0.717, 1.165) is 5.56 Å². The van der Waals surface area contributed by atoms with Crippen LogP contribution in [0.5, 0.6) is 11.5 Å². The second-order valence-electron chi connectivity index (χ2n) is 4.96. The van der Waals surface area contributed by atoms with Gasteiger partial charge in [0.1, 0.15) is 11.5 Å². The fourth-order valence-electron chi connectivity index (χ4n) is 1.97. The molecule has 3 N–H and O–H groups in total. The van der Waals surface area contributed by atoms with E-state index in [1.165, 1.54) is 0 Å². The predicted octanol–water partition coefficient (Wildman–Crippen LogP) is 2.60. The first-order chi connectivity index (χ1) is 8.95. The van der Waals surface area contributed by atoms with Crippen molar-refractivity contribution >= 4 is 0 Å². The fourth-order valence-corrected chi connectivity index (χ4v) is 1.97. The zero-order valence-corrected chi connectivity index (χ0v) is 12.2. The second-order valence-corrected chi connectivity index (χ2v) is 4.96. The Hall–Kier alpha value is -1.26. The predicted molar refractivity (Wildman–Crippen MR) is 76.6 cm³/mol. The number of benzene rings is 1. The highest BCUT2D eigenvalue weighted by molar-refractivity contribution is 5.41. The van der Waals surface area contributed by atoms with Gasteiger partial charge >= 0.3 is 0 Å². The maximum Gasteiger partial charge on any atom is 0.124 e. The van der Waals surface area contributed by atoms with E-state index < -0.39 is 5.60 Å². The van der Waals surface area contributed by atoms with Crippen molar-refractivity contribution < 1.29 is 14.9 Å². The molecular formula is C15H25NO3. The molecule has 4 heteroatoms. The molecule has 4 nitrogen and oxygen atoms in total. The normalized spacial score (nSPS) is 13.3. The first-order valence-corrected chi connectivity index (χ1v) is 6.78. The third-order valence-electron chi connectivity index (χ3n) is 3.76. The van der Waals surface area contributed by atoms with Crippen LogP contribution >= 0.6 is 0 Å². The summed E-state index contributed by atoms with van der Waals surface area (Å²) in [6.45, 7) is 6.42. The number of rotatable bonds is 7. The molecule has 0 bridgehead atoms. The molecular weight excluding hydrogens is 242 g/mol. The lowest BCUT2D eigenvalue weighted by atomic mass is 9.96. The molecule has 0 heterocycles. The van der Waals surface area contributed by atoms with Crippen molar-refractivity contribution in [1.82, 2.24) is 5.32 Å². The van der Waals surface area contributed by atoms with Crippen LogP contribution in [0.25, 0.3) is 0 Å². The zero-order chi connectivity index (χ0) is 14.5. The summed E-state index contributed by atoms with van der Waals surface area (Å²) in [7, 11) is 1.57. The number of nitrogens with one attached hydrogen (secondary N) is 1. The molecule has 1 unspecified atom stereocenters. The van der Waals surface area contributed by atoms with E-state index in [1.807, 2.05) is 32.9 Å². The van der Waals surface area contributed by atoms with E-state index in [-0.39, 0.29) is 11.8 Å². The molecule has 0 fully saturated rings. The van der Waals surface area contributed by atoms with Gasteiger partial charge in [-0.2, -0.15) is 0 Å². The van der Waals surface area contributed by atoms with Gasteiger partial charge in [0.05, 0.1) is 12.7 Å². The standard InChI is InChI=1S/C15H25NO3/c1-5-15(18,6-2)10-16-11(3)13-8-7-12(19-4)9-14(13)17/h7-9,11,16-18H,5-6,10H2,1-4H3. The van der Waals surface area contributed by atoms with Crippen molar-refractivity contribution in [3.8, 4) is 11.5 Å². The monoisotopic (exact) mass is 267 g/mol. The van der Waals surface area contributed by atoms with Crippen LogP contribution in [0, 0.1) is 0 Å². The van der Waals surface area contributed by atoms with Crippen molar-refractivity contribution in [1.29, 1.82) is 0 Å².